The Balaban J connectivity index is 2.53. The summed E-state index contributed by atoms with van der Waals surface area (Å²) in [7, 11) is 0.557. The van der Waals surface area contributed by atoms with E-state index >= 15 is 0 Å². The molecule has 1 heterocycles. The molecule has 1 unspecified atom stereocenters. The number of hydroxylamine groups is 2. The molecule has 0 aromatic rings. The minimum atomic E-state index is -1.12. The van der Waals surface area contributed by atoms with Crippen molar-refractivity contribution in [2.75, 3.05) is 20.2 Å². The van der Waals surface area contributed by atoms with E-state index in [-0.39, 0.29) is 4.75 Å². The SMILES string of the molecule is CON1CCC(=NS(=O)C(C)(C)C)CC1. The number of piperidine rings is 1. The van der Waals surface area contributed by atoms with Crippen molar-refractivity contribution in [3.05, 3.63) is 0 Å². The second-order valence-corrected chi connectivity index (χ2v) is 6.54. The largest absolute Gasteiger partial charge is 0.302 e. The highest BCUT2D eigenvalue weighted by Gasteiger charge is 2.21. The molecule has 1 aliphatic heterocycles. The van der Waals surface area contributed by atoms with Crippen molar-refractivity contribution >= 4 is 16.7 Å². The molecule has 1 atom stereocenters. The van der Waals surface area contributed by atoms with Gasteiger partial charge >= 0.3 is 0 Å². The maximum absolute atomic E-state index is 11.8. The monoisotopic (exact) mass is 232 g/mol. The maximum Gasteiger partial charge on any atom is 0.144 e. The van der Waals surface area contributed by atoms with Gasteiger partial charge < -0.3 is 4.84 Å². The zero-order chi connectivity index (χ0) is 11.5. The van der Waals surface area contributed by atoms with Gasteiger partial charge in [-0.25, -0.2) is 4.21 Å². The zero-order valence-electron chi connectivity index (χ0n) is 9.95. The molecule has 4 nitrogen and oxygen atoms in total. The van der Waals surface area contributed by atoms with Gasteiger partial charge in [0.2, 0.25) is 0 Å². The summed E-state index contributed by atoms with van der Waals surface area (Å²) in [4.78, 5) is 5.11. The summed E-state index contributed by atoms with van der Waals surface area (Å²) in [5, 5.41) is 1.90. The summed E-state index contributed by atoms with van der Waals surface area (Å²) in [6.07, 6.45) is 1.71. The lowest BCUT2D eigenvalue weighted by atomic mass is 10.1. The third-order valence-electron chi connectivity index (χ3n) is 2.29. The Morgan fingerprint density at radius 3 is 2.27 bits per heavy atom. The van der Waals surface area contributed by atoms with E-state index in [0.717, 1.165) is 31.6 Å². The molecule has 0 radical (unpaired) electrons. The van der Waals surface area contributed by atoms with Crippen LogP contribution in [0.25, 0.3) is 0 Å². The molecule has 0 aromatic carbocycles. The van der Waals surface area contributed by atoms with Crippen molar-refractivity contribution < 1.29 is 9.05 Å². The molecule has 0 amide bonds. The summed E-state index contributed by atoms with van der Waals surface area (Å²) in [5.74, 6) is 0. The van der Waals surface area contributed by atoms with Crippen molar-refractivity contribution in [1.82, 2.24) is 5.06 Å². The van der Waals surface area contributed by atoms with Crippen LogP contribution in [0.3, 0.4) is 0 Å². The Morgan fingerprint density at radius 1 is 1.33 bits per heavy atom. The van der Waals surface area contributed by atoms with E-state index in [4.69, 9.17) is 4.84 Å². The van der Waals surface area contributed by atoms with Crippen LogP contribution in [0.4, 0.5) is 0 Å². The Bertz CT molecular complexity index is 261. The van der Waals surface area contributed by atoms with E-state index in [1.54, 1.807) is 7.11 Å². The van der Waals surface area contributed by atoms with E-state index in [0.29, 0.717) is 0 Å². The van der Waals surface area contributed by atoms with Crippen LogP contribution in [0, 0.1) is 0 Å². The van der Waals surface area contributed by atoms with Crippen LogP contribution < -0.4 is 0 Å². The first-order valence-electron chi connectivity index (χ1n) is 5.21. The van der Waals surface area contributed by atoms with Crippen LogP contribution >= 0.6 is 0 Å². The molecule has 0 spiro atoms. The van der Waals surface area contributed by atoms with Crippen molar-refractivity contribution in [3.63, 3.8) is 0 Å². The third kappa shape index (κ3) is 4.01. The van der Waals surface area contributed by atoms with Gasteiger partial charge in [0.05, 0.1) is 11.9 Å². The Kier molecular flexibility index (Phi) is 4.43. The summed E-state index contributed by atoms with van der Waals surface area (Å²) < 4.78 is 15.8. The first-order valence-corrected chi connectivity index (χ1v) is 6.31. The van der Waals surface area contributed by atoms with Gasteiger partial charge in [0.15, 0.2) is 0 Å². The van der Waals surface area contributed by atoms with Gasteiger partial charge in [0, 0.05) is 31.6 Å². The molecule has 0 N–H and O–H groups in total. The van der Waals surface area contributed by atoms with Crippen LogP contribution in [0.15, 0.2) is 4.40 Å². The molecule has 0 aromatic heterocycles. The Labute approximate surface area is 94.3 Å². The average Bonchev–Trinajstić information content (AvgIpc) is 2.17. The lowest BCUT2D eigenvalue weighted by Gasteiger charge is -2.25. The van der Waals surface area contributed by atoms with Gasteiger partial charge in [-0.2, -0.15) is 9.46 Å². The number of hydrogen-bond acceptors (Lipinski definition) is 3. The van der Waals surface area contributed by atoms with Crippen molar-refractivity contribution in [2.45, 2.75) is 38.4 Å². The summed E-state index contributed by atoms with van der Waals surface area (Å²) >= 11 is 0. The smallest absolute Gasteiger partial charge is 0.144 e. The molecule has 1 saturated heterocycles. The molecule has 5 heteroatoms. The molecule has 15 heavy (non-hydrogen) atoms. The normalized spacial score (nSPS) is 21.5. The Hall–Kier alpha value is -0.260. The quantitative estimate of drug-likeness (QED) is 0.725. The van der Waals surface area contributed by atoms with Crippen molar-refractivity contribution in [3.8, 4) is 0 Å². The molecular formula is C10H20N2O2S. The first-order chi connectivity index (χ1) is 6.93. The van der Waals surface area contributed by atoms with E-state index in [9.17, 15) is 4.21 Å². The van der Waals surface area contributed by atoms with E-state index in [1.807, 2.05) is 25.8 Å². The highest BCUT2D eigenvalue weighted by Crippen LogP contribution is 2.15. The van der Waals surface area contributed by atoms with Gasteiger partial charge in [-0.1, -0.05) is 0 Å². The molecule has 0 saturated carbocycles. The number of hydrogen-bond donors (Lipinski definition) is 0. The predicted octanol–water partition coefficient (Wildman–Crippen LogP) is 1.55. The van der Waals surface area contributed by atoms with E-state index in [2.05, 4.69) is 4.40 Å². The second kappa shape index (κ2) is 5.18. The second-order valence-electron chi connectivity index (χ2n) is 4.63. The van der Waals surface area contributed by atoms with Gasteiger partial charge in [0.25, 0.3) is 0 Å². The maximum atomic E-state index is 11.8. The van der Waals surface area contributed by atoms with Crippen molar-refractivity contribution in [2.24, 2.45) is 4.40 Å². The summed E-state index contributed by atoms with van der Waals surface area (Å²) in [6, 6.07) is 0. The fourth-order valence-electron chi connectivity index (χ4n) is 1.27. The van der Waals surface area contributed by atoms with E-state index < -0.39 is 11.0 Å². The summed E-state index contributed by atoms with van der Waals surface area (Å²) in [6.45, 7) is 7.51. The average molecular weight is 232 g/mol. The molecule has 1 aliphatic rings. The molecular weight excluding hydrogens is 212 g/mol. The van der Waals surface area contributed by atoms with E-state index in [1.165, 1.54) is 0 Å². The molecule has 1 fully saturated rings. The highest BCUT2D eigenvalue weighted by atomic mass is 32.2. The highest BCUT2D eigenvalue weighted by molar-refractivity contribution is 7.85. The topological polar surface area (TPSA) is 41.9 Å². The fourth-order valence-corrected chi connectivity index (χ4v) is 1.96. The lowest BCUT2D eigenvalue weighted by molar-refractivity contribution is -0.131. The predicted molar refractivity (Wildman–Crippen MR) is 63.1 cm³/mol. The van der Waals surface area contributed by atoms with Gasteiger partial charge in [-0.3, -0.25) is 0 Å². The van der Waals surface area contributed by atoms with Crippen LogP contribution in [0.2, 0.25) is 0 Å². The van der Waals surface area contributed by atoms with Gasteiger partial charge in [-0.15, -0.1) is 0 Å². The minimum absolute atomic E-state index is 0.259. The van der Waals surface area contributed by atoms with Gasteiger partial charge in [0.1, 0.15) is 11.0 Å². The molecule has 1 rings (SSSR count). The molecule has 0 aliphatic carbocycles. The molecule has 0 bridgehead atoms. The van der Waals surface area contributed by atoms with Crippen LogP contribution in [0.5, 0.6) is 0 Å². The van der Waals surface area contributed by atoms with Crippen LogP contribution in [-0.2, 0) is 15.8 Å². The first kappa shape index (κ1) is 12.8. The van der Waals surface area contributed by atoms with Crippen LogP contribution in [-0.4, -0.2) is 39.9 Å². The zero-order valence-corrected chi connectivity index (χ0v) is 10.8. The number of nitrogens with zero attached hydrogens (tertiary/aromatic N) is 2. The lowest BCUT2D eigenvalue weighted by Crippen LogP contribution is -2.33. The standard InChI is InChI=1S/C10H20N2O2S/c1-10(2,3)15(13)11-9-5-7-12(14-4)8-6-9/h5-8H2,1-4H3. The third-order valence-corrected chi connectivity index (χ3v) is 3.77. The number of rotatable bonds is 2. The van der Waals surface area contributed by atoms with Crippen molar-refractivity contribution in [1.29, 1.82) is 0 Å². The summed E-state index contributed by atoms with van der Waals surface area (Å²) in [5.41, 5.74) is 1.05. The van der Waals surface area contributed by atoms with Gasteiger partial charge in [-0.05, 0) is 20.8 Å². The van der Waals surface area contributed by atoms with Crippen LogP contribution in [0.1, 0.15) is 33.6 Å². The Morgan fingerprint density at radius 2 is 1.87 bits per heavy atom. The fraction of sp³-hybridized carbons (Fsp3) is 0.900. The molecule has 88 valence electrons. The minimum Gasteiger partial charge on any atom is -0.302 e.